The molecule has 0 bridgehead atoms. The van der Waals surface area contributed by atoms with E-state index in [-0.39, 0.29) is 30.6 Å². The number of nitrogens with zero attached hydrogens (tertiary/aromatic N) is 1. The fourth-order valence-corrected chi connectivity index (χ4v) is 2.45. The molecule has 1 amide bonds. The second-order valence-electron chi connectivity index (χ2n) is 5.23. The van der Waals surface area contributed by atoms with Crippen molar-refractivity contribution in [3.8, 4) is 0 Å². The third-order valence-electron chi connectivity index (χ3n) is 3.62. The highest BCUT2D eigenvalue weighted by Crippen LogP contribution is 2.28. The van der Waals surface area contributed by atoms with Crippen molar-refractivity contribution in [3.05, 3.63) is 0 Å². The average molecular weight is 269 g/mol. The van der Waals surface area contributed by atoms with Crippen LogP contribution in [0.1, 0.15) is 45.4 Å². The van der Waals surface area contributed by atoms with Crippen LogP contribution in [0.5, 0.6) is 0 Å². The number of carbonyl (C=O) groups excluding carboxylic acids is 2. The Kier molecular flexibility index (Phi) is 5.19. The van der Waals surface area contributed by atoms with Crippen LogP contribution in [-0.4, -0.2) is 48.7 Å². The lowest BCUT2D eigenvalue weighted by molar-refractivity contribution is -0.149. The van der Waals surface area contributed by atoms with E-state index >= 15 is 0 Å². The standard InChI is InChI=1S/C14H23NO4/c1-2-18-14(17)10-15(11-5-6-11)13(16)8-7-12-4-3-9-19-12/h11-12H,2-10H2,1H3. The maximum absolute atomic E-state index is 12.2. The normalized spacial score (nSPS) is 22.3. The Bertz CT molecular complexity index is 321. The van der Waals surface area contributed by atoms with Gasteiger partial charge in [0.1, 0.15) is 6.54 Å². The summed E-state index contributed by atoms with van der Waals surface area (Å²) in [6.45, 7) is 3.05. The summed E-state index contributed by atoms with van der Waals surface area (Å²) in [5, 5.41) is 0. The van der Waals surface area contributed by atoms with E-state index in [1.807, 2.05) is 0 Å². The highest BCUT2D eigenvalue weighted by Gasteiger charge is 2.34. The number of hydrogen-bond acceptors (Lipinski definition) is 4. The van der Waals surface area contributed by atoms with Crippen LogP contribution in [0, 0.1) is 0 Å². The molecule has 2 aliphatic rings. The van der Waals surface area contributed by atoms with E-state index in [9.17, 15) is 9.59 Å². The second-order valence-corrected chi connectivity index (χ2v) is 5.23. The van der Waals surface area contributed by atoms with Gasteiger partial charge in [-0.05, 0) is 39.0 Å². The molecular weight excluding hydrogens is 246 g/mol. The van der Waals surface area contributed by atoms with Gasteiger partial charge in [0.2, 0.25) is 5.91 Å². The minimum atomic E-state index is -0.306. The molecule has 108 valence electrons. The highest BCUT2D eigenvalue weighted by atomic mass is 16.5. The van der Waals surface area contributed by atoms with Crippen molar-refractivity contribution in [2.24, 2.45) is 0 Å². The predicted molar refractivity (Wildman–Crippen MR) is 69.6 cm³/mol. The van der Waals surface area contributed by atoms with Gasteiger partial charge in [0, 0.05) is 19.1 Å². The van der Waals surface area contributed by atoms with Gasteiger partial charge in [-0.3, -0.25) is 9.59 Å². The first-order chi connectivity index (χ1) is 9.20. The van der Waals surface area contributed by atoms with E-state index in [0.717, 1.165) is 38.7 Å². The fourth-order valence-electron chi connectivity index (χ4n) is 2.45. The van der Waals surface area contributed by atoms with Crippen molar-refractivity contribution in [1.82, 2.24) is 4.90 Å². The van der Waals surface area contributed by atoms with Crippen molar-refractivity contribution in [3.63, 3.8) is 0 Å². The van der Waals surface area contributed by atoms with Crippen molar-refractivity contribution in [2.75, 3.05) is 19.8 Å². The molecule has 1 aliphatic carbocycles. The molecule has 2 rings (SSSR count). The number of ether oxygens (including phenoxy) is 2. The number of carbonyl (C=O) groups is 2. The Morgan fingerprint density at radius 3 is 2.68 bits per heavy atom. The monoisotopic (exact) mass is 269 g/mol. The Morgan fingerprint density at radius 2 is 2.11 bits per heavy atom. The van der Waals surface area contributed by atoms with Crippen LogP contribution in [0.15, 0.2) is 0 Å². The van der Waals surface area contributed by atoms with E-state index in [1.165, 1.54) is 0 Å². The van der Waals surface area contributed by atoms with Crippen LogP contribution < -0.4 is 0 Å². The third-order valence-corrected chi connectivity index (χ3v) is 3.62. The fraction of sp³-hybridized carbons (Fsp3) is 0.857. The SMILES string of the molecule is CCOC(=O)CN(C(=O)CCC1CCCO1)C1CC1. The molecule has 0 aromatic rings. The molecule has 5 heteroatoms. The molecule has 0 radical (unpaired) electrons. The highest BCUT2D eigenvalue weighted by molar-refractivity contribution is 5.82. The second kappa shape index (κ2) is 6.89. The molecule has 0 aromatic carbocycles. The van der Waals surface area contributed by atoms with Crippen molar-refractivity contribution in [2.45, 2.75) is 57.6 Å². The molecule has 5 nitrogen and oxygen atoms in total. The molecule has 1 heterocycles. The van der Waals surface area contributed by atoms with Gasteiger partial charge in [-0.15, -0.1) is 0 Å². The summed E-state index contributed by atoms with van der Waals surface area (Å²) < 4.78 is 10.4. The van der Waals surface area contributed by atoms with Crippen LogP contribution in [0.3, 0.4) is 0 Å². The van der Waals surface area contributed by atoms with Crippen molar-refractivity contribution in [1.29, 1.82) is 0 Å². The molecule has 1 saturated heterocycles. The van der Waals surface area contributed by atoms with E-state index in [2.05, 4.69) is 0 Å². The van der Waals surface area contributed by atoms with E-state index in [4.69, 9.17) is 9.47 Å². The first-order valence-electron chi connectivity index (χ1n) is 7.27. The summed E-state index contributed by atoms with van der Waals surface area (Å²) in [4.78, 5) is 25.4. The van der Waals surface area contributed by atoms with Gasteiger partial charge in [0.15, 0.2) is 0 Å². The van der Waals surface area contributed by atoms with E-state index in [0.29, 0.717) is 13.0 Å². The lowest BCUT2D eigenvalue weighted by Crippen LogP contribution is -2.38. The smallest absolute Gasteiger partial charge is 0.325 e. The lowest BCUT2D eigenvalue weighted by atomic mass is 10.1. The molecule has 1 aliphatic heterocycles. The maximum atomic E-state index is 12.2. The van der Waals surface area contributed by atoms with Crippen LogP contribution >= 0.6 is 0 Å². The van der Waals surface area contributed by atoms with Crippen LogP contribution in [0.2, 0.25) is 0 Å². The first kappa shape index (κ1) is 14.3. The summed E-state index contributed by atoms with van der Waals surface area (Å²) in [5.41, 5.74) is 0. The molecule has 0 aromatic heterocycles. The van der Waals surface area contributed by atoms with E-state index in [1.54, 1.807) is 11.8 Å². The summed E-state index contributed by atoms with van der Waals surface area (Å²) in [6, 6.07) is 0.251. The summed E-state index contributed by atoms with van der Waals surface area (Å²) in [7, 11) is 0. The Morgan fingerprint density at radius 1 is 1.32 bits per heavy atom. The van der Waals surface area contributed by atoms with Gasteiger partial charge < -0.3 is 14.4 Å². The zero-order valence-electron chi connectivity index (χ0n) is 11.6. The molecule has 2 fully saturated rings. The largest absolute Gasteiger partial charge is 0.465 e. The number of amides is 1. The molecule has 0 spiro atoms. The summed E-state index contributed by atoms with van der Waals surface area (Å²) in [6.07, 6.45) is 5.62. The molecule has 1 saturated carbocycles. The molecule has 0 N–H and O–H groups in total. The zero-order chi connectivity index (χ0) is 13.7. The van der Waals surface area contributed by atoms with Gasteiger partial charge in [0.25, 0.3) is 0 Å². The number of esters is 1. The Labute approximate surface area is 114 Å². The van der Waals surface area contributed by atoms with Crippen LogP contribution in [0.25, 0.3) is 0 Å². The summed E-state index contributed by atoms with van der Waals surface area (Å²) >= 11 is 0. The van der Waals surface area contributed by atoms with Gasteiger partial charge >= 0.3 is 5.97 Å². The minimum absolute atomic E-state index is 0.0612. The molecule has 1 atom stereocenters. The van der Waals surface area contributed by atoms with Gasteiger partial charge in [-0.25, -0.2) is 0 Å². The quantitative estimate of drug-likeness (QED) is 0.657. The number of hydrogen-bond donors (Lipinski definition) is 0. The van der Waals surface area contributed by atoms with Crippen LogP contribution in [-0.2, 0) is 19.1 Å². The minimum Gasteiger partial charge on any atom is -0.465 e. The molecule has 19 heavy (non-hydrogen) atoms. The number of rotatable bonds is 7. The van der Waals surface area contributed by atoms with Crippen LogP contribution in [0.4, 0.5) is 0 Å². The van der Waals surface area contributed by atoms with E-state index < -0.39 is 0 Å². The predicted octanol–water partition coefficient (Wildman–Crippen LogP) is 1.50. The topological polar surface area (TPSA) is 55.8 Å². The first-order valence-corrected chi connectivity index (χ1v) is 7.27. The molecule has 1 unspecified atom stereocenters. The van der Waals surface area contributed by atoms with Gasteiger partial charge in [-0.1, -0.05) is 0 Å². The van der Waals surface area contributed by atoms with Crippen molar-refractivity contribution >= 4 is 11.9 Å². The molecular formula is C14H23NO4. The van der Waals surface area contributed by atoms with Crippen molar-refractivity contribution < 1.29 is 19.1 Å². The van der Waals surface area contributed by atoms with Gasteiger partial charge in [-0.2, -0.15) is 0 Å². The Balaban J connectivity index is 1.77. The summed E-state index contributed by atoms with van der Waals surface area (Å²) in [5.74, 6) is -0.245. The van der Waals surface area contributed by atoms with Gasteiger partial charge in [0.05, 0.1) is 12.7 Å². The average Bonchev–Trinajstić information content (AvgIpc) is 3.09. The zero-order valence-corrected chi connectivity index (χ0v) is 11.6. The maximum Gasteiger partial charge on any atom is 0.325 e. The Hall–Kier alpha value is -1.10. The third kappa shape index (κ3) is 4.49. The lowest BCUT2D eigenvalue weighted by Gasteiger charge is -2.22.